The first-order chi connectivity index (χ1) is 8.66. The van der Waals surface area contributed by atoms with Gasteiger partial charge in [-0.3, -0.25) is 4.79 Å². The Labute approximate surface area is 110 Å². The SMILES string of the molecule is CC(=O)Nc1ccccc1Oc1ccccc1Cl. The number of halogens is 1. The van der Waals surface area contributed by atoms with Gasteiger partial charge < -0.3 is 10.1 Å². The number of benzene rings is 2. The Balaban J connectivity index is 2.29. The van der Waals surface area contributed by atoms with Crippen molar-refractivity contribution in [1.29, 1.82) is 0 Å². The Morgan fingerprint density at radius 2 is 1.67 bits per heavy atom. The molecule has 0 atom stereocenters. The molecular formula is C14H12ClNO2. The van der Waals surface area contributed by atoms with Gasteiger partial charge in [-0.05, 0) is 24.3 Å². The molecule has 0 bridgehead atoms. The predicted molar refractivity (Wildman–Crippen MR) is 72.3 cm³/mol. The van der Waals surface area contributed by atoms with E-state index in [1.54, 1.807) is 24.3 Å². The van der Waals surface area contributed by atoms with E-state index >= 15 is 0 Å². The first-order valence-corrected chi connectivity index (χ1v) is 5.83. The summed E-state index contributed by atoms with van der Waals surface area (Å²) in [6.45, 7) is 1.45. The minimum Gasteiger partial charge on any atom is -0.454 e. The van der Waals surface area contributed by atoms with Crippen molar-refractivity contribution in [3.8, 4) is 11.5 Å². The van der Waals surface area contributed by atoms with Gasteiger partial charge >= 0.3 is 0 Å². The average molecular weight is 262 g/mol. The fraction of sp³-hybridized carbons (Fsp3) is 0.0714. The monoisotopic (exact) mass is 261 g/mol. The molecule has 0 spiro atoms. The lowest BCUT2D eigenvalue weighted by Gasteiger charge is -2.11. The van der Waals surface area contributed by atoms with Gasteiger partial charge in [0.15, 0.2) is 5.75 Å². The summed E-state index contributed by atoms with van der Waals surface area (Å²) in [6.07, 6.45) is 0. The van der Waals surface area contributed by atoms with Crippen molar-refractivity contribution in [1.82, 2.24) is 0 Å². The Kier molecular flexibility index (Phi) is 3.85. The molecule has 0 aromatic heterocycles. The van der Waals surface area contributed by atoms with Crippen LogP contribution in [-0.2, 0) is 4.79 Å². The smallest absolute Gasteiger partial charge is 0.221 e. The summed E-state index contributed by atoms with van der Waals surface area (Å²) in [5.74, 6) is 0.961. The number of para-hydroxylation sites is 3. The predicted octanol–water partition coefficient (Wildman–Crippen LogP) is 4.09. The van der Waals surface area contributed by atoms with E-state index in [1.807, 2.05) is 24.3 Å². The van der Waals surface area contributed by atoms with Crippen LogP contribution in [0.4, 0.5) is 5.69 Å². The van der Waals surface area contributed by atoms with Crippen molar-refractivity contribution < 1.29 is 9.53 Å². The lowest BCUT2D eigenvalue weighted by Crippen LogP contribution is -2.06. The van der Waals surface area contributed by atoms with Gasteiger partial charge in [0.1, 0.15) is 5.75 Å². The molecule has 2 rings (SSSR count). The third kappa shape index (κ3) is 3.02. The molecule has 3 nitrogen and oxygen atoms in total. The normalized spacial score (nSPS) is 9.89. The van der Waals surface area contributed by atoms with Crippen LogP contribution in [0.25, 0.3) is 0 Å². The molecule has 0 aliphatic rings. The van der Waals surface area contributed by atoms with Crippen LogP contribution in [0, 0.1) is 0 Å². The fourth-order valence-corrected chi connectivity index (χ4v) is 1.67. The van der Waals surface area contributed by atoms with E-state index in [2.05, 4.69) is 5.32 Å². The maximum atomic E-state index is 11.1. The summed E-state index contributed by atoms with van der Waals surface area (Å²) in [6, 6.07) is 14.4. The summed E-state index contributed by atoms with van der Waals surface area (Å²) in [7, 11) is 0. The first kappa shape index (κ1) is 12.5. The first-order valence-electron chi connectivity index (χ1n) is 5.46. The molecule has 2 aromatic rings. The zero-order valence-corrected chi connectivity index (χ0v) is 10.6. The maximum absolute atomic E-state index is 11.1. The Morgan fingerprint density at radius 3 is 2.33 bits per heavy atom. The van der Waals surface area contributed by atoms with Crippen LogP contribution in [0.2, 0.25) is 5.02 Å². The Bertz CT molecular complexity index is 569. The molecule has 18 heavy (non-hydrogen) atoms. The second kappa shape index (κ2) is 5.56. The highest BCUT2D eigenvalue weighted by Crippen LogP contribution is 2.33. The number of hydrogen-bond acceptors (Lipinski definition) is 2. The highest BCUT2D eigenvalue weighted by atomic mass is 35.5. The van der Waals surface area contributed by atoms with E-state index in [-0.39, 0.29) is 5.91 Å². The van der Waals surface area contributed by atoms with Crippen molar-refractivity contribution in [3.63, 3.8) is 0 Å². The lowest BCUT2D eigenvalue weighted by molar-refractivity contribution is -0.114. The van der Waals surface area contributed by atoms with Gasteiger partial charge in [0.05, 0.1) is 10.7 Å². The Morgan fingerprint density at radius 1 is 1.06 bits per heavy atom. The topological polar surface area (TPSA) is 38.3 Å². The fourth-order valence-electron chi connectivity index (χ4n) is 1.49. The molecule has 0 saturated heterocycles. The van der Waals surface area contributed by atoms with Gasteiger partial charge in [-0.25, -0.2) is 0 Å². The second-order valence-corrected chi connectivity index (χ2v) is 4.12. The zero-order chi connectivity index (χ0) is 13.0. The van der Waals surface area contributed by atoms with Gasteiger partial charge in [0, 0.05) is 6.92 Å². The van der Waals surface area contributed by atoms with E-state index in [0.717, 1.165) is 0 Å². The van der Waals surface area contributed by atoms with Crippen LogP contribution >= 0.6 is 11.6 Å². The molecule has 1 N–H and O–H groups in total. The molecule has 0 unspecified atom stereocenters. The quantitative estimate of drug-likeness (QED) is 0.904. The standard InChI is InChI=1S/C14H12ClNO2/c1-10(17)16-12-7-3-5-9-14(12)18-13-8-4-2-6-11(13)15/h2-9H,1H3,(H,16,17). The summed E-state index contributed by atoms with van der Waals surface area (Å²) >= 11 is 6.02. The highest BCUT2D eigenvalue weighted by molar-refractivity contribution is 6.32. The van der Waals surface area contributed by atoms with Crippen LogP contribution in [0.1, 0.15) is 6.92 Å². The number of rotatable bonds is 3. The highest BCUT2D eigenvalue weighted by Gasteiger charge is 2.07. The zero-order valence-electron chi connectivity index (χ0n) is 9.81. The maximum Gasteiger partial charge on any atom is 0.221 e. The summed E-state index contributed by atoms with van der Waals surface area (Å²) in [4.78, 5) is 11.1. The molecule has 1 amide bonds. The van der Waals surface area contributed by atoms with Gasteiger partial charge in [-0.15, -0.1) is 0 Å². The van der Waals surface area contributed by atoms with E-state index in [1.165, 1.54) is 6.92 Å². The third-order valence-corrected chi connectivity index (χ3v) is 2.57. The van der Waals surface area contributed by atoms with E-state index in [4.69, 9.17) is 16.3 Å². The summed E-state index contributed by atoms with van der Waals surface area (Å²) in [5.41, 5.74) is 0.616. The molecule has 2 aromatic carbocycles. The molecule has 0 heterocycles. The number of amides is 1. The van der Waals surface area contributed by atoms with Crippen molar-refractivity contribution in [2.75, 3.05) is 5.32 Å². The summed E-state index contributed by atoms with van der Waals surface area (Å²) < 4.78 is 5.69. The molecule has 4 heteroatoms. The molecule has 0 aliphatic carbocycles. The van der Waals surface area contributed by atoms with Crippen molar-refractivity contribution in [3.05, 3.63) is 53.6 Å². The molecule has 92 valence electrons. The number of nitrogens with one attached hydrogen (secondary N) is 1. The Hall–Kier alpha value is -2.00. The van der Waals surface area contributed by atoms with Crippen molar-refractivity contribution in [2.45, 2.75) is 6.92 Å². The average Bonchev–Trinajstić information content (AvgIpc) is 2.34. The molecular weight excluding hydrogens is 250 g/mol. The number of anilines is 1. The summed E-state index contributed by atoms with van der Waals surface area (Å²) in [5, 5.41) is 3.23. The van der Waals surface area contributed by atoms with Gasteiger partial charge in [-0.2, -0.15) is 0 Å². The number of hydrogen-bond donors (Lipinski definition) is 1. The third-order valence-electron chi connectivity index (χ3n) is 2.25. The molecule has 0 fully saturated rings. The van der Waals surface area contributed by atoms with E-state index < -0.39 is 0 Å². The largest absolute Gasteiger partial charge is 0.454 e. The van der Waals surface area contributed by atoms with Crippen molar-refractivity contribution >= 4 is 23.2 Å². The van der Waals surface area contributed by atoms with Gasteiger partial charge in [0.25, 0.3) is 0 Å². The molecule has 0 saturated carbocycles. The number of carbonyl (C=O) groups is 1. The van der Waals surface area contributed by atoms with Crippen LogP contribution < -0.4 is 10.1 Å². The van der Waals surface area contributed by atoms with Crippen LogP contribution in [0.5, 0.6) is 11.5 Å². The van der Waals surface area contributed by atoms with Gasteiger partial charge in [-0.1, -0.05) is 35.9 Å². The minimum absolute atomic E-state index is 0.148. The minimum atomic E-state index is -0.148. The molecule has 0 radical (unpaired) electrons. The lowest BCUT2D eigenvalue weighted by atomic mass is 10.3. The number of carbonyl (C=O) groups excluding carboxylic acids is 1. The molecule has 0 aliphatic heterocycles. The van der Waals surface area contributed by atoms with E-state index in [9.17, 15) is 4.79 Å². The van der Waals surface area contributed by atoms with Gasteiger partial charge in [0.2, 0.25) is 5.91 Å². The van der Waals surface area contributed by atoms with E-state index in [0.29, 0.717) is 22.2 Å². The van der Waals surface area contributed by atoms with Crippen LogP contribution in [-0.4, -0.2) is 5.91 Å². The van der Waals surface area contributed by atoms with Crippen LogP contribution in [0.15, 0.2) is 48.5 Å². The number of ether oxygens (including phenoxy) is 1. The van der Waals surface area contributed by atoms with Crippen LogP contribution in [0.3, 0.4) is 0 Å². The van der Waals surface area contributed by atoms with Crippen molar-refractivity contribution in [2.24, 2.45) is 0 Å². The second-order valence-electron chi connectivity index (χ2n) is 3.71.